The number of ether oxygens (including phenoxy) is 1. The molecule has 2 heterocycles. The lowest BCUT2D eigenvalue weighted by atomic mass is 10.1. The molecule has 2 amide bonds. The Bertz CT molecular complexity index is 855. The normalized spacial score (nSPS) is 16.7. The number of benzene rings is 1. The minimum Gasteiger partial charge on any atom is -0.488 e. The van der Waals surface area contributed by atoms with E-state index >= 15 is 0 Å². The molecule has 0 bridgehead atoms. The van der Waals surface area contributed by atoms with Crippen molar-refractivity contribution in [1.29, 1.82) is 0 Å². The first-order chi connectivity index (χ1) is 13.9. The average molecular weight is 414 g/mol. The van der Waals surface area contributed by atoms with Gasteiger partial charge in [-0.1, -0.05) is 26.0 Å². The summed E-state index contributed by atoms with van der Waals surface area (Å²) >= 11 is 1.81. The van der Waals surface area contributed by atoms with Crippen molar-refractivity contribution in [2.45, 2.75) is 49.4 Å². The van der Waals surface area contributed by atoms with E-state index in [4.69, 9.17) is 10.5 Å². The molecule has 7 heteroatoms. The smallest absolute Gasteiger partial charge is 0.267 e. The Kier molecular flexibility index (Phi) is 7.14. The van der Waals surface area contributed by atoms with Crippen LogP contribution in [0.15, 0.2) is 47.5 Å². The van der Waals surface area contributed by atoms with Gasteiger partial charge in [-0.3, -0.25) is 14.6 Å². The van der Waals surface area contributed by atoms with E-state index in [2.05, 4.69) is 31.0 Å². The minimum absolute atomic E-state index is 0.107. The lowest BCUT2D eigenvalue weighted by Crippen LogP contribution is -2.45. The lowest BCUT2D eigenvalue weighted by molar-refractivity contribution is -0.133. The molecule has 1 fully saturated rings. The van der Waals surface area contributed by atoms with Crippen molar-refractivity contribution < 1.29 is 14.3 Å². The Morgan fingerprint density at radius 1 is 1.28 bits per heavy atom. The van der Waals surface area contributed by atoms with Gasteiger partial charge in [-0.2, -0.15) is 0 Å². The van der Waals surface area contributed by atoms with Crippen molar-refractivity contribution in [2.75, 3.05) is 13.1 Å². The highest BCUT2D eigenvalue weighted by molar-refractivity contribution is 7.99. The molecule has 1 aliphatic heterocycles. The van der Waals surface area contributed by atoms with E-state index < -0.39 is 5.91 Å². The summed E-state index contributed by atoms with van der Waals surface area (Å²) in [6.45, 7) is 5.60. The second-order valence-corrected chi connectivity index (χ2v) is 9.10. The molecule has 1 atom stereocenters. The highest BCUT2D eigenvalue weighted by Crippen LogP contribution is 2.24. The van der Waals surface area contributed by atoms with Crippen LogP contribution < -0.4 is 10.5 Å². The largest absolute Gasteiger partial charge is 0.488 e. The second-order valence-electron chi connectivity index (χ2n) is 7.45. The van der Waals surface area contributed by atoms with E-state index in [1.165, 1.54) is 11.1 Å². The summed E-state index contributed by atoms with van der Waals surface area (Å²) in [5.74, 6) is 0.0650. The standard InChI is InChI=1S/C22H27N3O3S/c1-15(2)29-19-7-5-16(6-8-19)12-21(26)25-11-3-4-18(14-25)28-17-9-10-24-20(13-17)22(23)27/h5-10,13,15,18H,3-4,11-12,14H2,1-2H3,(H2,23,27). The summed E-state index contributed by atoms with van der Waals surface area (Å²) < 4.78 is 5.98. The van der Waals surface area contributed by atoms with Crippen LogP contribution in [-0.4, -0.2) is 46.1 Å². The fourth-order valence-corrected chi connectivity index (χ4v) is 4.15. The fraction of sp³-hybridized carbons (Fsp3) is 0.409. The van der Waals surface area contributed by atoms with Crippen LogP contribution in [0.3, 0.4) is 0 Å². The minimum atomic E-state index is -0.589. The van der Waals surface area contributed by atoms with Gasteiger partial charge in [0, 0.05) is 29.0 Å². The van der Waals surface area contributed by atoms with Crippen LogP contribution in [-0.2, 0) is 11.2 Å². The number of hydrogen-bond donors (Lipinski definition) is 1. The molecule has 0 aliphatic carbocycles. The number of rotatable bonds is 7. The molecule has 1 unspecified atom stereocenters. The summed E-state index contributed by atoms with van der Waals surface area (Å²) in [6.07, 6.45) is 3.52. The number of likely N-dealkylation sites (tertiary alicyclic amines) is 1. The first kappa shape index (κ1) is 21.2. The summed E-state index contributed by atoms with van der Waals surface area (Å²) in [6, 6.07) is 11.5. The van der Waals surface area contributed by atoms with Gasteiger partial charge in [-0.15, -0.1) is 11.8 Å². The molecule has 1 aromatic heterocycles. The highest BCUT2D eigenvalue weighted by Gasteiger charge is 2.25. The maximum atomic E-state index is 12.8. The number of nitrogens with zero attached hydrogens (tertiary/aromatic N) is 2. The van der Waals surface area contributed by atoms with Gasteiger partial charge in [-0.25, -0.2) is 0 Å². The lowest BCUT2D eigenvalue weighted by Gasteiger charge is -2.33. The Balaban J connectivity index is 1.56. The predicted octanol–water partition coefficient (Wildman–Crippen LogP) is 3.29. The molecule has 3 rings (SSSR count). The molecule has 29 heavy (non-hydrogen) atoms. The number of amides is 2. The molecule has 0 radical (unpaired) electrons. The summed E-state index contributed by atoms with van der Waals surface area (Å²) in [4.78, 5) is 31.1. The highest BCUT2D eigenvalue weighted by atomic mass is 32.2. The third-order valence-corrected chi connectivity index (χ3v) is 5.68. The fourth-order valence-electron chi connectivity index (χ4n) is 3.32. The topological polar surface area (TPSA) is 85.5 Å². The second kappa shape index (κ2) is 9.78. The van der Waals surface area contributed by atoms with Gasteiger partial charge in [0.2, 0.25) is 5.91 Å². The van der Waals surface area contributed by atoms with Crippen molar-refractivity contribution in [2.24, 2.45) is 5.73 Å². The van der Waals surface area contributed by atoms with Gasteiger partial charge in [0.1, 0.15) is 17.5 Å². The number of carbonyl (C=O) groups excluding carboxylic acids is 2. The quantitative estimate of drug-likeness (QED) is 0.704. The third-order valence-electron chi connectivity index (χ3n) is 4.67. The first-order valence-corrected chi connectivity index (χ1v) is 10.7. The monoisotopic (exact) mass is 413 g/mol. The Labute approximate surface area is 175 Å². The van der Waals surface area contributed by atoms with Crippen molar-refractivity contribution in [3.05, 3.63) is 53.9 Å². The van der Waals surface area contributed by atoms with E-state index in [9.17, 15) is 9.59 Å². The number of primary amides is 1. The van der Waals surface area contributed by atoms with Crippen LogP contribution in [0.5, 0.6) is 5.75 Å². The number of pyridine rings is 1. The number of aromatic nitrogens is 1. The van der Waals surface area contributed by atoms with Crippen LogP contribution in [0, 0.1) is 0 Å². The number of hydrogen-bond acceptors (Lipinski definition) is 5. The van der Waals surface area contributed by atoms with E-state index in [0.29, 0.717) is 24.0 Å². The van der Waals surface area contributed by atoms with Crippen molar-refractivity contribution in [3.8, 4) is 5.75 Å². The van der Waals surface area contributed by atoms with E-state index in [-0.39, 0.29) is 17.7 Å². The molecule has 0 saturated carbocycles. The Morgan fingerprint density at radius 2 is 2.03 bits per heavy atom. The number of carbonyl (C=O) groups is 2. The van der Waals surface area contributed by atoms with Gasteiger partial charge < -0.3 is 15.4 Å². The van der Waals surface area contributed by atoms with Gasteiger partial charge in [0.25, 0.3) is 5.91 Å². The van der Waals surface area contributed by atoms with Crippen LogP contribution in [0.25, 0.3) is 0 Å². The molecular formula is C22H27N3O3S. The Hall–Kier alpha value is -2.54. The average Bonchev–Trinajstić information content (AvgIpc) is 2.69. The SMILES string of the molecule is CC(C)Sc1ccc(CC(=O)N2CCCC(Oc3ccnc(C(N)=O)c3)C2)cc1. The number of thioether (sulfide) groups is 1. The van der Waals surface area contributed by atoms with Crippen molar-refractivity contribution >= 4 is 23.6 Å². The summed E-state index contributed by atoms with van der Waals surface area (Å²) in [5.41, 5.74) is 6.46. The van der Waals surface area contributed by atoms with Crippen LogP contribution in [0.2, 0.25) is 0 Å². The molecule has 154 valence electrons. The van der Waals surface area contributed by atoms with Crippen molar-refractivity contribution in [3.63, 3.8) is 0 Å². The molecular weight excluding hydrogens is 386 g/mol. The van der Waals surface area contributed by atoms with Crippen molar-refractivity contribution in [1.82, 2.24) is 9.88 Å². The maximum absolute atomic E-state index is 12.8. The molecule has 0 spiro atoms. The molecule has 6 nitrogen and oxygen atoms in total. The third kappa shape index (κ3) is 6.22. The van der Waals surface area contributed by atoms with Gasteiger partial charge in [0.15, 0.2) is 0 Å². The van der Waals surface area contributed by atoms with Crippen LogP contribution >= 0.6 is 11.8 Å². The first-order valence-electron chi connectivity index (χ1n) is 9.86. The molecule has 2 aromatic rings. The molecule has 2 N–H and O–H groups in total. The van der Waals surface area contributed by atoms with Crippen LogP contribution in [0.1, 0.15) is 42.7 Å². The number of piperidine rings is 1. The molecule has 1 aliphatic rings. The zero-order chi connectivity index (χ0) is 20.8. The number of nitrogens with two attached hydrogens (primary N) is 1. The maximum Gasteiger partial charge on any atom is 0.267 e. The van der Waals surface area contributed by atoms with Gasteiger partial charge in [0.05, 0.1) is 13.0 Å². The van der Waals surface area contributed by atoms with Crippen LogP contribution in [0.4, 0.5) is 0 Å². The molecule has 1 saturated heterocycles. The Morgan fingerprint density at radius 3 is 2.72 bits per heavy atom. The molecule has 1 aromatic carbocycles. The predicted molar refractivity (Wildman–Crippen MR) is 114 cm³/mol. The van der Waals surface area contributed by atoms with Gasteiger partial charge >= 0.3 is 0 Å². The van der Waals surface area contributed by atoms with Gasteiger partial charge in [-0.05, 0) is 36.6 Å². The van der Waals surface area contributed by atoms with E-state index in [1.807, 2.05) is 28.8 Å². The zero-order valence-electron chi connectivity index (χ0n) is 16.8. The van der Waals surface area contributed by atoms with E-state index in [1.54, 1.807) is 12.1 Å². The summed E-state index contributed by atoms with van der Waals surface area (Å²) in [5, 5.41) is 0.534. The summed E-state index contributed by atoms with van der Waals surface area (Å²) in [7, 11) is 0. The zero-order valence-corrected chi connectivity index (χ0v) is 17.7. The van der Waals surface area contributed by atoms with E-state index in [0.717, 1.165) is 24.9 Å².